The highest BCUT2D eigenvalue weighted by Crippen LogP contribution is 2.31. The minimum Gasteiger partial charge on any atom is -0.490 e. The van der Waals surface area contributed by atoms with Crippen molar-refractivity contribution in [2.45, 2.75) is 45.1 Å². The third kappa shape index (κ3) is 4.56. The van der Waals surface area contributed by atoms with E-state index in [1.54, 1.807) is 10.9 Å². The monoisotopic (exact) mass is 404 g/mol. The minimum absolute atomic E-state index is 0.229. The standard InChI is InChI=1S/C25H28N2O3/c1-18(19-8-4-3-5-9-19)30-24-13-7-11-21(15-24)20-10-6-12-23(14-20)27-17-22(16-26-27)25(28)29-2/h6-7,10-19H,3-5,8-9H2,1-2H3. The molecule has 1 fully saturated rings. The van der Waals surface area contributed by atoms with Crippen molar-refractivity contribution >= 4 is 5.97 Å². The number of hydrogen-bond acceptors (Lipinski definition) is 4. The van der Waals surface area contributed by atoms with Crippen molar-refractivity contribution in [1.29, 1.82) is 0 Å². The fourth-order valence-corrected chi connectivity index (χ4v) is 4.18. The predicted octanol–water partition coefficient (Wildman–Crippen LogP) is 5.67. The second kappa shape index (κ2) is 9.16. The minimum atomic E-state index is -0.394. The van der Waals surface area contributed by atoms with Crippen LogP contribution in [0.1, 0.15) is 49.4 Å². The summed E-state index contributed by atoms with van der Waals surface area (Å²) in [6, 6.07) is 16.3. The molecule has 5 nitrogen and oxygen atoms in total. The first-order valence-electron chi connectivity index (χ1n) is 10.6. The Labute approximate surface area is 177 Å². The van der Waals surface area contributed by atoms with Gasteiger partial charge in [-0.05, 0) is 61.1 Å². The largest absolute Gasteiger partial charge is 0.490 e. The number of nitrogens with zero attached hydrogens (tertiary/aromatic N) is 2. The number of hydrogen-bond donors (Lipinski definition) is 0. The molecule has 4 rings (SSSR count). The van der Waals surface area contributed by atoms with Gasteiger partial charge >= 0.3 is 5.97 Å². The van der Waals surface area contributed by atoms with Gasteiger partial charge in [0.1, 0.15) is 5.75 Å². The maximum atomic E-state index is 11.7. The number of methoxy groups -OCH3 is 1. The lowest BCUT2D eigenvalue weighted by molar-refractivity contribution is 0.0600. The van der Waals surface area contributed by atoms with E-state index in [0.717, 1.165) is 22.6 Å². The Hall–Kier alpha value is -3.08. The molecule has 0 N–H and O–H groups in total. The lowest BCUT2D eigenvalue weighted by Gasteiger charge is -2.28. The molecule has 0 aliphatic heterocycles. The van der Waals surface area contributed by atoms with Gasteiger partial charge in [0.25, 0.3) is 0 Å². The van der Waals surface area contributed by atoms with E-state index in [1.807, 2.05) is 24.3 Å². The topological polar surface area (TPSA) is 53.3 Å². The second-order valence-electron chi connectivity index (χ2n) is 7.96. The van der Waals surface area contributed by atoms with Gasteiger partial charge in [0.2, 0.25) is 0 Å². The zero-order valence-corrected chi connectivity index (χ0v) is 17.6. The molecule has 2 aromatic carbocycles. The molecular formula is C25H28N2O3. The van der Waals surface area contributed by atoms with Gasteiger partial charge in [-0.2, -0.15) is 5.10 Å². The Kier molecular flexibility index (Phi) is 6.17. The summed E-state index contributed by atoms with van der Waals surface area (Å²) in [7, 11) is 1.37. The van der Waals surface area contributed by atoms with E-state index < -0.39 is 5.97 Å². The van der Waals surface area contributed by atoms with E-state index in [2.05, 4.69) is 36.3 Å². The Balaban J connectivity index is 1.53. The summed E-state index contributed by atoms with van der Waals surface area (Å²) in [5.41, 5.74) is 3.46. The van der Waals surface area contributed by atoms with Gasteiger partial charge in [-0.15, -0.1) is 0 Å². The molecule has 1 atom stereocenters. The molecule has 30 heavy (non-hydrogen) atoms. The first kappa shape index (κ1) is 20.2. The molecule has 0 radical (unpaired) electrons. The molecule has 1 aromatic heterocycles. The summed E-state index contributed by atoms with van der Waals surface area (Å²) in [5.74, 6) is 1.16. The number of rotatable bonds is 6. The third-order valence-electron chi connectivity index (χ3n) is 5.92. The van der Waals surface area contributed by atoms with Crippen LogP contribution < -0.4 is 4.74 Å². The van der Waals surface area contributed by atoms with Crippen molar-refractivity contribution in [2.75, 3.05) is 7.11 Å². The highest BCUT2D eigenvalue weighted by Gasteiger charge is 2.21. The number of esters is 1. The Morgan fingerprint density at radius 3 is 2.57 bits per heavy atom. The summed E-state index contributed by atoms with van der Waals surface area (Å²) >= 11 is 0. The summed E-state index contributed by atoms with van der Waals surface area (Å²) < 4.78 is 12.7. The maximum absolute atomic E-state index is 11.7. The van der Waals surface area contributed by atoms with Gasteiger partial charge in [0, 0.05) is 6.20 Å². The highest BCUT2D eigenvalue weighted by molar-refractivity contribution is 5.88. The zero-order chi connectivity index (χ0) is 20.9. The predicted molar refractivity (Wildman–Crippen MR) is 117 cm³/mol. The highest BCUT2D eigenvalue weighted by atomic mass is 16.5. The summed E-state index contributed by atoms with van der Waals surface area (Å²) in [4.78, 5) is 11.7. The van der Waals surface area contributed by atoms with Crippen LogP contribution in [0, 0.1) is 5.92 Å². The molecule has 1 saturated carbocycles. The van der Waals surface area contributed by atoms with Crippen LogP contribution in [-0.4, -0.2) is 29.0 Å². The molecule has 0 saturated heterocycles. The Morgan fingerprint density at radius 1 is 1.07 bits per heavy atom. The Bertz CT molecular complexity index is 1000. The molecule has 3 aromatic rings. The average Bonchev–Trinajstić information content (AvgIpc) is 3.30. The first-order valence-corrected chi connectivity index (χ1v) is 10.6. The lowest BCUT2D eigenvalue weighted by atomic mass is 9.86. The quantitative estimate of drug-likeness (QED) is 0.497. The van der Waals surface area contributed by atoms with Crippen LogP contribution in [0.2, 0.25) is 0 Å². The fourth-order valence-electron chi connectivity index (χ4n) is 4.18. The summed E-state index contributed by atoms with van der Waals surface area (Å²) in [5, 5.41) is 4.29. The van der Waals surface area contributed by atoms with Crippen molar-refractivity contribution in [2.24, 2.45) is 5.92 Å². The van der Waals surface area contributed by atoms with E-state index >= 15 is 0 Å². The smallest absolute Gasteiger partial charge is 0.341 e. The Morgan fingerprint density at radius 2 is 1.80 bits per heavy atom. The van der Waals surface area contributed by atoms with Crippen LogP contribution >= 0.6 is 0 Å². The molecule has 5 heteroatoms. The fraction of sp³-hybridized carbons (Fsp3) is 0.360. The van der Waals surface area contributed by atoms with E-state index in [1.165, 1.54) is 45.4 Å². The van der Waals surface area contributed by atoms with E-state index in [9.17, 15) is 4.79 Å². The normalized spacial score (nSPS) is 15.5. The lowest BCUT2D eigenvalue weighted by Crippen LogP contribution is -2.25. The number of carbonyl (C=O) groups excluding carboxylic acids is 1. The van der Waals surface area contributed by atoms with Gasteiger partial charge in [-0.1, -0.05) is 43.5 Å². The van der Waals surface area contributed by atoms with Crippen molar-refractivity contribution in [3.8, 4) is 22.6 Å². The van der Waals surface area contributed by atoms with E-state index in [0.29, 0.717) is 11.5 Å². The number of carbonyl (C=O) groups is 1. The molecular weight excluding hydrogens is 376 g/mol. The van der Waals surface area contributed by atoms with Crippen molar-refractivity contribution in [3.63, 3.8) is 0 Å². The van der Waals surface area contributed by atoms with Crippen molar-refractivity contribution in [1.82, 2.24) is 9.78 Å². The van der Waals surface area contributed by atoms with Crippen LogP contribution in [0.25, 0.3) is 16.8 Å². The van der Waals surface area contributed by atoms with Gasteiger partial charge in [0.15, 0.2) is 0 Å². The maximum Gasteiger partial charge on any atom is 0.341 e. The number of benzene rings is 2. The van der Waals surface area contributed by atoms with Crippen LogP contribution in [0.5, 0.6) is 5.75 Å². The van der Waals surface area contributed by atoms with Crippen LogP contribution in [0.3, 0.4) is 0 Å². The van der Waals surface area contributed by atoms with E-state index in [-0.39, 0.29) is 6.10 Å². The van der Waals surface area contributed by atoms with Crippen molar-refractivity contribution in [3.05, 3.63) is 66.5 Å². The van der Waals surface area contributed by atoms with Crippen LogP contribution in [0.15, 0.2) is 60.9 Å². The molecule has 0 amide bonds. The SMILES string of the molecule is COC(=O)c1cnn(-c2cccc(-c3cccc(OC(C)C4CCCCC4)c3)c2)c1. The molecule has 1 heterocycles. The second-order valence-corrected chi connectivity index (χ2v) is 7.96. The van der Waals surface area contributed by atoms with Crippen LogP contribution in [0.4, 0.5) is 0 Å². The summed E-state index contributed by atoms with van der Waals surface area (Å²) in [6.07, 6.45) is 9.93. The average molecular weight is 405 g/mol. The molecule has 0 spiro atoms. The van der Waals surface area contributed by atoms with Gasteiger partial charge in [-0.25, -0.2) is 9.48 Å². The van der Waals surface area contributed by atoms with Crippen LogP contribution in [-0.2, 0) is 4.74 Å². The number of aromatic nitrogens is 2. The third-order valence-corrected chi connectivity index (χ3v) is 5.92. The summed E-state index contributed by atoms with van der Waals surface area (Å²) in [6.45, 7) is 2.19. The van der Waals surface area contributed by atoms with Gasteiger partial charge < -0.3 is 9.47 Å². The molecule has 1 aliphatic carbocycles. The first-order chi connectivity index (χ1) is 14.6. The zero-order valence-electron chi connectivity index (χ0n) is 17.6. The molecule has 1 unspecified atom stereocenters. The van der Waals surface area contributed by atoms with Crippen molar-refractivity contribution < 1.29 is 14.3 Å². The molecule has 1 aliphatic rings. The molecule has 0 bridgehead atoms. The number of ether oxygens (including phenoxy) is 2. The van der Waals surface area contributed by atoms with Gasteiger partial charge in [0.05, 0.1) is 30.7 Å². The van der Waals surface area contributed by atoms with E-state index in [4.69, 9.17) is 9.47 Å². The van der Waals surface area contributed by atoms with Gasteiger partial charge in [-0.3, -0.25) is 0 Å². The molecule has 156 valence electrons.